The van der Waals surface area contributed by atoms with Gasteiger partial charge in [-0.3, -0.25) is 5.10 Å². The molecule has 2 nitrogen and oxygen atoms in total. The van der Waals surface area contributed by atoms with Crippen LogP contribution in [0.1, 0.15) is 25.5 Å². The van der Waals surface area contributed by atoms with Gasteiger partial charge in [-0.05, 0) is 5.92 Å². The van der Waals surface area contributed by atoms with Crippen LogP contribution in [0.3, 0.4) is 0 Å². The normalized spacial score (nSPS) is 10.6. The Bertz CT molecular complexity index is 193. The quantitative estimate of drug-likeness (QED) is 0.531. The SMILES string of the molecule is [B]c1cn[nH]c1C(C)C. The van der Waals surface area contributed by atoms with E-state index in [0.29, 0.717) is 5.92 Å². The zero-order chi connectivity index (χ0) is 6.85. The molecular formula is C6H9BN2. The van der Waals surface area contributed by atoms with Crippen LogP contribution in [-0.2, 0) is 0 Å². The number of rotatable bonds is 1. The van der Waals surface area contributed by atoms with Gasteiger partial charge in [-0.1, -0.05) is 19.3 Å². The monoisotopic (exact) mass is 120 g/mol. The van der Waals surface area contributed by atoms with Crippen molar-refractivity contribution in [3.8, 4) is 0 Å². The van der Waals surface area contributed by atoms with Gasteiger partial charge in [-0.15, -0.1) is 0 Å². The lowest BCUT2D eigenvalue weighted by atomic mass is 9.92. The molecular weight excluding hydrogens is 111 g/mol. The maximum Gasteiger partial charge on any atom is 0.118 e. The topological polar surface area (TPSA) is 28.7 Å². The van der Waals surface area contributed by atoms with E-state index in [2.05, 4.69) is 24.0 Å². The summed E-state index contributed by atoms with van der Waals surface area (Å²) in [5.74, 6) is 0.437. The molecule has 0 aliphatic carbocycles. The number of H-pyrrole nitrogens is 1. The van der Waals surface area contributed by atoms with Crippen molar-refractivity contribution in [2.45, 2.75) is 19.8 Å². The van der Waals surface area contributed by atoms with E-state index in [9.17, 15) is 0 Å². The number of nitrogens with one attached hydrogen (secondary N) is 1. The Balaban J connectivity index is 2.94. The van der Waals surface area contributed by atoms with Crippen molar-refractivity contribution in [2.75, 3.05) is 0 Å². The van der Waals surface area contributed by atoms with Crippen LogP contribution in [0.4, 0.5) is 0 Å². The number of aromatic amines is 1. The Morgan fingerprint density at radius 3 is 2.56 bits per heavy atom. The maximum absolute atomic E-state index is 5.55. The molecule has 0 spiro atoms. The summed E-state index contributed by atoms with van der Waals surface area (Å²) >= 11 is 0. The van der Waals surface area contributed by atoms with Crippen LogP contribution < -0.4 is 5.46 Å². The molecule has 1 rings (SSSR count). The first kappa shape index (κ1) is 6.40. The molecule has 0 atom stereocenters. The van der Waals surface area contributed by atoms with Gasteiger partial charge in [0, 0.05) is 11.9 Å². The van der Waals surface area contributed by atoms with Crippen LogP contribution in [0, 0.1) is 0 Å². The summed E-state index contributed by atoms with van der Waals surface area (Å²) in [7, 11) is 5.55. The molecule has 3 heteroatoms. The van der Waals surface area contributed by atoms with Crippen molar-refractivity contribution in [1.82, 2.24) is 10.2 Å². The van der Waals surface area contributed by atoms with Gasteiger partial charge in [0.25, 0.3) is 0 Å². The third-order valence-electron chi connectivity index (χ3n) is 1.28. The largest absolute Gasteiger partial charge is 0.283 e. The standard InChI is InChI=1S/C6H9BN2/c1-4(2)6-5(7)3-8-9-6/h3-4H,1-2H3,(H,8,9). The fourth-order valence-corrected chi connectivity index (χ4v) is 0.768. The highest BCUT2D eigenvalue weighted by Gasteiger charge is 2.02. The van der Waals surface area contributed by atoms with Gasteiger partial charge < -0.3 is 0 Å². The van der Waals surface area contributed by atoms with Gasteiger partial charge in [0.15, 0.2) is 0 Å². The maximum atomic E-state index is 5.55. The molecule has 0 aliphatic heterocycles. The summed E-state index contributed by atoms with van der Waals surface area (Å²) in [6, 6.07) is 0. The van der Waals surface area contributed by atoms with Gasteiger partial charge >= 0.3 is 0 Å². The van der Waals surface area contributed by atoms with E-state index in [4.69, 9.17) is 7.85 Å². The van der Waals surface area contributed by atoms with Crippen LogP contribution in [0.2, 0.25) is 0 Å². The summed E-state index contributed by atoms with van der Waals surface area (Å²) in [6.45, 7) is 4.15. The van der Waals surface area contributed by atoms with Gasteiger partial charge in [-0.2, -0.15) is 5.10 Å². The second-order valence-corrected chi connectivity index (χ2v) is 2.39. The molecule has 0 bridgehead atoms. The molecule has 0 unspecified atom stereocenters. The van der Waals surface area contributed by atoms with Gasteiger partial charge in [0.1, 0.15) is 7.85 Å². The van der Waals surface area contributed by atoms with E-state index in [1.807, 2.05) is 0 Å². The minimum atomic E-state index is 0.437. The summed E-state index contributed by atoms with van der Waals surface area (Å²) in [5.41, 5.74) is 1.78. The minimum absolute atomic E-state index is 0.437. The molecule has 1 heterocycles. The zero-order valence-electron chi connectivity index (χ0n) is 5.68. The number of hydrogen-bond acceptors (Lipinski definition) is 1. The predicted octanol–water partition coefficient (Wildman–Crippen LogP) is 0.327. The predicted molar refractivity (Wildman–Crippen MR) is 38.1 cm³/mol. The fraction of sp³-hybridized carbons (Fsp3) is 0.500. The van der Waals surface area contributed by atoms with Crippen molar-refractivity contribution in [3.63, 3.8) is 0 Å². The molecule has 1 N–H and O–H groups in total. The van der Waals surface area contributed by atoms with Gasteiger partial charge in [0.05, 0.1) is 0 Å². The first-order chi connectivity index (χ1) is 4.22. The van der Waals surface area contributed by atoms with Crippen molar-refractivity contribution in [3.05, 3.63) is 11.9 Å². The molecule has 0 amide bonds. The molecule has 0 saturated heterocycles. The summed E-state index contributed by atoms with van der Waals surface area (Å²) in [6.07, 6.45) is 1.63. The summed E-state index contributed by atoms with van der Waals surface area (Å²) < 4.78 is 0. The van der Waals surface area contributed by atoms with Crippen LogP contribution in [0.25, 0.3) is 0 Å². The molecule has 1 aromatic rings. The van der Waals surface area contributed by atoms with E-state index < -0.39 is 0 Å². The van der Waals surface area contributed by atoms with Crippen LogP contribution >= 0.6 is 0 Å². The minimum Gasteiger partial charge on any atom is -0.283 e. The molecule has 0 fully saturated rings. The Morgan fingerprint density at radius 2 is 2.33 bits per heavy atom. The van der Waals surface area contributed by atoms with Crippen molar-refractivity contribution < 1.29 is 0 Å². The lowest BCUT2D eigenvalue weighted by Gasteiger charge is -2.00. The van der Waals surface area contributed by atoms with Gasteiger partial charge in [-0.25, -0.2) is 0 Å². The fourth-order valence-electron chi connectivity index (χ4n) is 0.768. The molecule has 0 aliphatic rings. The average molecular weight is 120 g/mol. The van der Waals surface area contributed by atoms with E-state index in [-0.39, 0.29) is 0 Å². The Morgan fingerprint density at radius 1 is 1.67 bits per heavy atom. The highest BCUT2D eigenvalue weighted by molar-refractivity contribution is 6.33. The summed E-state index contributed by atoms with van der Waals surface area (Å²) in [5, 5.41) is 6.62. The molecule has 1 aromatic heterocycles. The van der Waals surface area contributed by atoms with Crippen molar-refractivity contribution in [2.24, 2.45) is 0 Å². The first-order valence-electron chi connectivity index (χ1n) is 3.00. The summed E-state index contributed by atoms with van der Waals surface area (Å²) in [4.78, 5) is 0. The van der Waals surface area contributed by atoms with Crippen molar-refractivity contribution in [1.29, 1.82) is 0 Å². The zero-order valence-corrected chi connectivity index (χ0v) is 5.68. The second-order valence-electron chi connectivity index (χ2n) is 2.39. The molecule has 46 valence electrons. The lowest BCUT2D eigenvalue weighted by molar-refractivity contribution is 0.815. The second kappa shape index (κ2) is 2.25. The molecule has 0 aromatic carbocycles. The van der Waals surface area contributed by atoms with E-state index in [0.717, 1.165) is 11.2 Å². The number of hydrogen-bond donors (Lipinski definition) is 1. The van der Waals surface area contributed by atoms with E-state index >= 15 is 0 Å². The van der Waals surface area contributed by atoms with Crippen LogP contribution in [0.15, 0.2) is 6.20 Å². The lowest BCUT2D eigenvalue weighted by Crippen LogP contribution is -2.07. The highest BCUT2D eigenvalue weighted by atomic mass is 15.1. The Hall–Kier alpha value is -0.725. The molecule has 9 heavy (non-hydrogen) atoms. The van der Waals surface area contributed by atoms with E-state index in [1.165, 1.54) is 0 Å². The number of aromatic nitrogens is 2. The first-order valence-corrected chi connectivity index (χ1v) is 3.00. The van der Waals surface area contributed by atoms with Crippen LogP contribution in [0.5, 0.6) is 0 Å². The smallest absolute Gasteiger partial charge is 0.118 e. The van der Waals surface area contributed by atoms with E-state index in [1.54, 1.807) is 6.20 Å². The third kappa shape index (κ3) is 1.15. The third-order valence-corrected chi connectivity index (χ3v) is 1.28. The number of nitrogens with zero attached hydrogens (tertiary/aromatic N) is 1. The molecule has 2 radical (unpaired) electrons. The van der Waals surface area contributed by atoms with Gasteiger partial charge in [0.2, 0.25) is 0 Å². The van der Waals surface area contributed by atoms with Crippen LogP contribution in [-0.4, -0.2) is 18.0 Å². The highest BCUT2D eigenvalue weighted by Crippen LogP contribution is 2.05. The van der Waals surface area contributed by atoms with Crippen molar-refractivity contribution >= 4 is 13.3 Å². The molecule has 0 saturated carbocycles. The average Bonchev–Trinajstić information content (AvgIpc) is 2.13. The Kier molecular flexibility index (Phi) is 1.60. The Labute approximate surface area is 56.1 Å².